The van der Waals surface area contributed by atoms with Crippen LogP contribution in [0.25, 0.3) is 0 Å². The number of rotatable bonds is 9. The maximum Gasteiger partial charge on any atom is 0.00474 e. The van der Waals surface area contributed by atoms with E-state index in [4.69, 9.17) is 0 Å². The zero-order chi connectivity index (χ0) is 13.6. The highest BCUT2D eigenvalue weighted by molar-refractivity contribution is 4.82. The molecular formula is C16H34N2. The van der Waals surface area contributed by atoms with Gasteiger partial charge in [0.25, 0.3) is 0 Å². The van der Waals surface area contributed by atoms with Crippen LogP contribution in [0, 0.1) is 11.3 Å². The highest BCUT2D eigenvalue weighted by Gasteiger charge is 2.27. The number of hydrogen-bond acceptors (Lipinski definition) is 2. The summed E-state index contributed by atoms with van der Waals surface area (Å²) < 4.78 is 0. The van der Waals surface area contributed by atoms with Gasteiger partial charge in [0.05, 0.1) is 0 Å². The van der Waals surface area contributed by atoms with Crippen molar-refractivity contribution < 1.29 is 0 Å². The van der Waals surface area contributed by atoms with Crippen LogP contribution in [-0.4, -0.2) is 37.1 Å². The average Bonchev–Trinajstić information content (AvgIpc) is 2.29. The van der Waals surface area contributed by atoms with E-state index in [1.54, 1.807) is 0 Å². The molecule has 0 bridgehead atoms. The molecule has 1 aliphatic carbocycles. The Morgan fingerprint density at radius 2 is 1.94 bits per heavy atom. The lowest BCUT2D eigenvalue weighted by Crippen LogP contribution is -2.45. The molecule has 1 N–H and O–H groups in total. The summed E-state index contributed by atoms with van der Waals surface area (Å²) in [4.78, 5) is 2.68. The minimum absolute atomic E-state index is 0.421. The van der Waals surface area contributed by atoms with Gasteiger partial charge in [-0.25, -0.2) is 0 Å². The Morgan fingerprint density at radius 3 is 2.33 bits per heavy atom. The molecule has 0 amide bonds. The third-order valence-electron chi connectivity index (χ3n) is 4.58. The van der Waals surface area contributed by atoms with E-state index in [0.29, 0.717) is 11.5 Å². The van der Waals surface area contributed by atoms with Gasteiger partial charge >= 0.3 is 0 Å². The van der Waals surface area contributed by atoms with E-state index in [2.05, 4.69) is 44.8 Å². The van der Waals surface area contributed by atoms with Crippen molar-refractivity contribution >= 4 is 0 Å². The topological polar surface area (TPSA) is 15.3 Å². The van der Waals surface area contributed by atoms with Crippen LogP contribution in [0.3, 0.4) is 0 Å². The van der Waals surface area contributed by atoms with E-state index in [1.165, 1.54) is 45.3 Å². The monoisotopic (exact) mass is 254 g/mol. The second kappa shape index (κ2) is 7.49. The predicted molar refractivity (Wildman–Crippen MR) is 81.0 cm³/mol. The highest BCUT2D eigenvalue weighted by Crippen LogP contribution is 2.29. The van der Waals surface area contributed by atoms with E-state index in [9.17, 15) is 0 Å². The molecule has 1 unspecified atom stereocenters. The second-order valence-electron chi connectivity index (χ2n) is 6.82. The predicted octanol–water partition coefficient (Wildman–Crippen LogP) is 3.52. The third-order valence-corrected chi connectivity index (χ3v) is 4.58. The summed E-state index contributed by atoms with van der Waals surface area (Å²) in [6, 6.07) is 0.595. The molecule has 2 nitrogen and oxygen atoms in total. The molecule has 1 rings (SSSR count). The molecule has 0 aliphatic heterocycles. The average molecular weight is 254 g/mol. The van der Waals surface area contributed by atoms with Gasteiger partial charge < -0.3 is 10.2 Å². The minimum Gasteiger partial charge on any atom is -0.314 e. The molecule has 0 aromatic heterocycles. The van der Waals surface area contributed by atoms with Gasteiger partial charge in [0, 0.05) is 25.7 Å². The Morgan fingerprint density at radius 1 is 1.28 bits per heavy atom. The van der Waals surface area contributed by atoms with Gasteiger partial charge in [0.2, 0.25) is 0 Å². The summed E-state index contributed by atoms with van der Waals surface area (Å²) in [6.45, 7) is 16.5. The molecule has 0 radical (unpaired) electrons. The first-order valence-electron chi connectivity index (χ1n) is 7.95. The molecule has 1 aliphatic rings. The van der Waals surface area contributed by atoms with Crippen LogP contribution in [0.4, 0.5) is 0 Å². The summed E-state index contributed by atoms with van der Waals surface area (Å²) in [5.74, 6) is 0.990. The fourth-order valence-electron chi connectivity index (χ4n) is 2.63. The molecule has 0 saturated heterocycles. The SMILES string of the molecule is CCN(CC1CCC1)CC(C)(CC)CNC(C)C. The van der Waals surface area contributed by atoms with Gasteiger partial charge in [-0.3, -0.25) is 0 Å². The molecule has 108 valence electrons. The summed E-state index contributed by atoms with van der Waals surface area (Å²) >= 11 is 0. The Balaban J connectivity index is 2.41. The number of hydrogen-bond donors (Lipinski definition) is 1. The van der Waals surface area contributed by atoms with E-state index in [0.717, 1.165) is 12.5 Å². The van der Waals surface area contributed by atoms with Crippen molar-refractivity contribution in [3.63, 3.8) is 0 Å². The molecular weight excluding hydrogens is 220 g/mol. The van der Waals surface area contributed by atoms with E-state index in [-0.39, 0.29) is 0 Å². The molecule has 1 atom stereocenters. The Bertz CT molecular complexity index is 223. The summed E-state index contributed by atoms with van der Waals surface area (Å²) in [5, 5.41) is 3.62. The molecule has 0 spiro atoms. The quantitative estimate of drug-likeness (QED) is 0.677. The van der Waals surface area contributed by atoms with Crippen molar-refractivity contribution in [3.8, 4) is 0 Å². The Hall–Kier alpha value is -0.0800. The van der Waals surface area contributed by atoms with Crippen LogP contribution in [-0.2, 0) is 0 Å². The van der Waals surface area contributed by atoms with Crippen LogP contribution in [0.5, 0.6) is 0 Å². The van der Waals surface area contributed by atoms with Gasteiger partial charge in [-0.1, -0.05) is 41.0 Å². The van der Waals surface area contributed by atoms with Crippen LogP contribution < -0.4 is 5.32 Å². The van der Waals surface area contributed by atoms with Crippen molar-refractivity contribution in [3.05, 3.63) is 0 Å². The zero-order valence-electron chi connectivity index (χ0n) is 13.3. The maximum atomic E-state index is 3.62. The lowest BCUT2D eigenvalue weighted by atomic mass is 9.83. The van der Waals surface area contributed by atoms with E-state index >= 15 is 0 Å². The van der Waals surface area contributed by atoms with Crippen molar-refractivity contribution in [2.75, 3.05) is 26.2 Å². The first kappa shape index (κ1) is 16.0. The lowest BCUT2D eigenvalue weighted by Gasteiger charge is -2.38. The lowest BCUT2D eigenvalue weighted by molar-refractivity contribution is 0.119. The van der Waals surface area contributed by atoms with Crippen LogP contribution >= 0.6 is 0 Å². The molecule has 0 aromatic rings. The fraction of sp³-hybridized carbons (Fsp3) is 1.00. The van der Waals surface area contributed by atoms with E-state index < -0.39 is 0 Å². The molecule has 18 heavy (non-hydrogen) atoms. The molecule has 0 aromatic carbocycles. The summed E-state index contributed by atoms with van der Waals surface area (Å²) in [5.41, 5.74) is 0.421. The summed E-state index contributed by atoms with van der Waals surface area (Å²) in [7, 11) is 0. The van der Waals surface area contributed by atoms with Crippen molar-refractivity contribution in [1.29, 1.82) is 0 Å². The second-order valence-corrected chi connectivity index (χ2v) is 6.82. The normalized spacial score (nSPS) is 20.2. The third kappa shape index (κ3) is 5.27. The minimum atomic E-state index is 0.421. The molecule has 0 heterocycles. The highest BCUT2D eigenvalue weighted by atomic mass is 15.1. The van der Waals surface area contributed by atoms with Gasteiger partial charge in [-0.2, -0.15) is 0 Å². The van der Waals surface area contributed by atoms with Crippen molar-refractivity contribution in [2.45, 2.75) is 66.3 Å². The van der Waals surface area contributed by atoms with Crippen LogP contribution in [0.2, 0.25) is 0 Å². The smallest absolute Gasteiger partial charge is 0.00474 e. The van der Waals surface area contributed by atoms with Crippen molar-refractivity contribution in [2.24, 2.45) is 11.3 Å². The fourth-order valence-corrected chi connectivity index (χ4v) is 2.63. The zero-order valence-corrected chi connectivity index (χ0v) is 13.3. The first-order chi connectivity index (χ1) is 8.49. The Kier molecular flexibility index (Phi) is 6.65. The largest absolute Gasteiger partial charge is 0.314 e. The van der Waals surface area contributed by atoms with E-state index in [1.807, 2.05) is 0 Å². The number of nitrogens with zero attached hydrogens (tertiary/aromatic N) is 1. The summed E-state index contributed by atoms with van der Waals surface area (Å²) in [6.07, 6.45) is 5.64. The first-order valence-corrected chi connectivity index (χ1v) is 7.95. The van der Waals surface area contributed by atoms with Crippen LogP contribution in [0.15, 0.2) is 0 Å². The Labute approximate surface area is 115 Å². The molecule has 1 saturated carbocycles. The van der Waals surface area contributed by atoms with Gasteiger partial charge in [-0.05, 0) is 37.1 Å². The van der Waals surface area contributed by atoms with Gasteiger partial charge in [0.1, 0.15) is 0 Å². The standard InChI is InChI=1S/C16H34N2/c1-6-16(5,12-17-14(3)4)13-18(7-2)11-15-9-8-10-15/h14-15,17H,6-13H2,1-5H3. The number of nitrogens with one attached hydrogen (secondary N) is 1. The van der Waals surface area contributed by atoms with Gasteiger partial charge in [0.15, 0.2) is 0 Å². The van der Waals surface area contributed by atoms with Crippen molar-refractivity contribution in [1.82, 2.24) is 10.2 Å². The molecule has 2 heteroatoms. The molecule has 1 fully saturated rings. The maximum absolute atomic E-state index is 3.62. The van der Waals surface area contributed by atoms with Crippen LogP contribution in [0.1, 0.15) is 60.3 Å². The van der Waals surface area contributed by atoms with Gasteiger partial charge in [-0.15, -0.1) is 0 Å².